The molecule has 36 heavy (non-hydrogen) atoms. The minimum absolute atomic E-state index is 0.0351. The highest BCUT2D eigenvalue weighted by Crippen LogP contribution is 2.27. The van der Waals surface area contributed by atoms with Crippen molar-refractivity contribution in [3.63, 3.8) is 0 Å². The van der Waals surface area contributed by atoms with E-state index >= 15 is 0 Å². The maximum absolute atomic E-state index is 12.4. The van der Waals surface area contributed by atoms with Gasteiger partial charge in [-0.1, -0.05) is 18.2 Å². The van der Waals surface area contributed by atoms with Crippen molar-refractivity contribution in [1.82, 2.24) is 30.3 Å². The number of carbonyl (C=O) groups excluding carboxylic acids is 2. The molecular weight excluding hydrogens is 456 g/mol. The number of nitrogens with one attached hydrogen (secondary N) is 2. The molecule has 0 aliphatic heterocycles. The summed E-state index contributed by atoms with van der Waals surface area (Å²) < 4.78 is 1.72. The van der Waals surface area contributed by atoms with Gasteiger partial charge in [0.05, 0.1) is 12.6 Å². The Bertz CT molecular complexity index is 1070. The van der Waals surface area contributed by atoms with Crippen molar-refractivity contribution in [2.45, 2.75) is 72.8 Å². The molecule has 1 fully saturated rings. The third-order valence-electron chi connectivity index (χ3n) is 5.93. The van der Waals surface area contributed by atoms with E-state index in [4.69, 9.17) is 0 Å². The first-order chi connectivity index (χ1) is 17.3. The van der Waals surface area contributed by atoms with Crippen LogP contribution in [0.5, 0.6) is 0 Å². The first-order valence-electron chi connectivity index (χ1n) is 12.7. The van der Waals surface area contributed by atoms with Crippen LogP contribution in [0.4, 0.5) is 5.82 Å². The van der Waals surface area contributed by atoms with Crippen LogP contribution in [-0.2, 0) is 22.6 Å². The van der Waals surface area contributed by atoms with Gasteiger partial charge in [-0.15, -0.1) is 5.10 Å². The van der Waals surface area contributed by atoms with Gasteiger partial charge < -0.3 is 10.6 Å². The van der Waals surface area contributed by atoms with Crippen LogP contribution < -0.4 is 10.6 Å². The third-order valence-corrected chi connectivity index (χ3v) is 5.93. The van der Waals surface area contributed by atoms with Crippen molar-refractivity contribution in [3.05, 3.63) is 47.6 Å². The van der Waals surface area contributed by atoms with Gasteiger partial charge in [0.25, 0.3) is 0 Å². The molecule has 0 unspecified atom stereocenters. The fourth-order valence-electron chi connectivity index (χ4n) is 3.40. The minimum atomic E-state index is -0.157. The Morgan fingerprint density at radius 1 is 1.25 bits per heavy atom. The van der Waals surface area contributed by atoms with E-state index < -0.39 is 0 Å². The molecule has 0 spiro atoms. The predicted octanol–water partition coefficient (Wildman–Crippen LogP) is 3.46. The van der Waals surface area contributed by atoms with Gasteiger partial charge in [0, 0.05) is 49.0 Å². The molecule has 2 heterocycles. The number of unbranched alkanes of at least 4 members (excludes halogenated alkanes) is 1. The van der Waals surface area contributed by atoms with E-state index in [1.54, 1.807) is 17.1 Å². The van der Waals surface area contributed by atoms with Crippen LogP contribution in [0.15, 0.2) is 41.4 Å². The molecule has 10 heteroatoms. The van der Waals surface area contributed by atoms with Crippen molar-refractivity contribution in [2.24, 2.45) is 11.0 Å². The Labute approximate surface area is 213 Å². The smallest absolute Gasteiger partial charge is 0.248 e. The summed E-state index contributed by atoms with van der Waals surface area (Å²) in [5.74, 6) is 0.887. The summed E-state index contributed by atoms with van der Waals surface area (Å²) in [4.78, 5) is 28.9. The highest BCUT2D eigenvalue weighted by Gasteiger charge is 2.21. The lowest BCUT2D eigenvalue weighted by Crippen LogP contribution is -2.27. The summed E-state index contributed by atoms with van der Waals surface area (Å²) in [6, 6.07) is 3.78. The normalized spacial score (nSPS) is 14.0. The van der Waals surface area contributed by atoms with Crippen LogP contribution in [0.3, 0.4) is 0 Å². The van der Waals surface area contributed by atoms with Crippen molar-refractivity contribution in [3.8, 4) is 0 Å². The van der Waals surface area contributed by atoms with Gasteiger partial charge in [-0.2, -0.15) is 5.10 Å². The quantitative estimate of drug-likeness (QED) is 0.180. The fraction of sp³-hybridized carbons (Fsp3) is 0.538. The summed E-state index contributed by atoms with van der Waals surface area (Å²) in [5.41, 5.74) is 3.43. The zero-order chi connectivity index (χ0) is 25.9. The highest BCUT2D eigenvalue weighted by atomic mass is 16.2. The molecule has 0 aromatic carbocycles. The van der Waals surface area contributed by atoms with E-state index in [1.807, 2.05) is 44.1 Å². The van der Waals surface area contributed by atoms with Gasteiger partial charge in [0.1, 0.15) is 0 Å². The van der Waals surface area contributed by atoms with E-state index in [9.17, 15) is 9.59 Å². The molecule has 2 N–H and O–H groups in total. The number of hydrogen-bond donors (Lipinski definition) is 2. The largest absolute Gasteiger partial charge is 0.352 e. The maximum Gasteiger partial charge on any atom is 0.248 e. The van der Waals surface area contributed by atoms with Crippen molar-refractivity contribution >= 4 is 23.3 Å². The summed E-state index contributed by atoms with van der Waals surface area (Å²) in [6.45, 7) is 9.90. The number of carbonyl (C=O) groups is 2. The van der Waals surface area contributed by atoms with E-state index in [-0.39, 0.29) is 18.2 Å². The SMILES string of the molecule is CC/C(C)=N/N(/C=C(\C)C(=O)NCC1CC1)CCCCn1cc(NC(=O)Cc2ccc(C)nc2)nn1. The molecule has 0 radical (unpaired) electrons. The summed E-state index contributed by atoms with van der Waals surface area (Å²) in [6.07, 6.45) is 10.5. The van der Waals surface area contributed by atoms with Crippen molar-refractivity contribution in [1.29, 1.82) is 0 Å². The standard InChI is InChI=1S/C26H38N8O2/c1-5-20(3)31-33(17-19(2)26(36)28-15-22-10-11-22)12-6-7-13-34-18-24(30-32-34)29-25(35)14-23-9-8-21(4)27-16-23/h8-9,16-18,22H,5-7,10-15H2,1-4H3,(H,28,36)(H,29,35)/b19-17+,31-20+. The molecule has 2 aromatic rings. The number of aromatic nitrogens is 4. The number of hydrogen-bond acceptors (Lipinski definition) is 7. The second kappa shape index (κ2) is 13.5. The van der Waals surface area contributed by atoms with Crippen LogP contribution in [0, 0.1) is 12.8 Å². The van der Waals surface area contributed by atoms with Crippen LogP contribution >= 0.6 is 0 Å². The summed E-state index contributed by atoms with van der Waals surface area (Å²) in [7, 11) is 0. The van der Waals surface area contributed by atoms with E-state index in [1.165, 1.54) is 12.8 Å². The van der Waals surface area contributed by atoms with Gasteiger partial charge in [-0.25, -0.2) is 0 Å². The zero-order valence-electron chi connectivity index (χ0n) is 21.8. The average Bonchev–Trinajstić information content (AvgIpc) is 3.59. The molecule has 194 valence electrons. The number of pyridine rings is 1. The van der Waals surface area contributed by atoms with Gasteiger partial charge in [-0.3, -0.25) is 24.3 Å². The van der Waals surface area contributed by atoms with E-state index in [0.29, 0.717) is 30.4 Å². The Hall–Kier alpha value is -3.56. The molecule has 1 saturated carbocycles. The molecule has 3 rings (SSSR count). The lowest BCUT2D eigenvalue weighted by Gasteiger charge is -2.17. The molecule has 10 nitrogen and oxygen atoms in total. The first-order valence-corrected chi connectivity index (χ1v) is 12.7. The van der Waals surface area contributed by atoms with Crippen LogP contribution in [0.2, 0.25) is 0 Å². The number of rotatable bonds is 14. The van der Waals surface area contributed by atoms with Gasteiger partial charge in [0.15, 0.2) is 5.82 Å². The van der Waals surface area contributed by atoms with E-state index in [0.717, 1.165) is 42.8 Å². The number of amides is 2. The lowest BCUT2D eigenvalue weighted by atomic mass is 10.2. The Morgan fingerprint density at radius 3 is 2.75 bits per heavy atom. The highest BCUT2D eigenvalue weighted by molar-refractivity contribution is 5.92. The minimum Gasteiger partial charge on any atom is -0.352 e. The predicted molar refractivity (Wildman–Crippen MR) is 140 cm³/mol. The maximum atomic E-state index is 12.4. The van der Waals surface area contributed by atoms with Crippen molar-refractivity contribution in [2.75, 3.05) is 18.4 Å². The number of nitrogens with zero attached hydrogens (tertiary/aromatic N) is 6. The van der Waals surface area contributed by atoms with Crippen LogP contribution in [-0.4, -0.2) is 55.6 Å². The van der Waals surface area contributed by atoms with Crippen LogP contribution in [0.1, 0.15) is 64.1 Å². The topological polar surface area (TPSA) is 117 Å². The van der Waals surface area contributed by atoms with E-state index in [2.05, 4.69) is 38.0 Å². The molecule has 0 atom stereocenters. The lowest BCUT2D eigenvalue weighted by molar-refractivity contribution is -0.117. The molecule has 2 aromatic heterocycles. The molecule has 0 bridgehead atoms. The van der Waals surface area contributed by atoms with Gasteiger partial charge in [-0.05, 0) is 70.4 Å². The average molecular weight is 495 g/mol. The third kappa shape index (κ3) is 9.59. The number of aryl methyl sites for hydroxylation is 2. The second-order valence-corrected chi connectivity index (χ2v) is 9.42. The molecule has 0 saturated heterocycles. The molecule has 2 amide bonds. The van der Waals surface area contributed by atoms with Crippen LogP contribution in [0.25, 0.3) is 0 Å². The van der Waals surface area contributed by atoms with Gasteiger partial charge >= 0.3 is 0 Å². The molecule has 1 aliphatic rings. The summed E-state index contributed by atoms with van der Waals surface area (Å²) >= 11 is 0. The fourth-order valence-corrected chi connectivity index (χ4v) is 3.40. The number of anilines is 1. The number of hydrazone groups is 1. The van der Waals surface area contributed by atoms with Crippen molar-refractivity contribution < 1.29 is 9.59 Å². The Balaban J connectivity index is 1.44. The van der Waals surface area contributed by atoms with Gasteiger partial charge in [0.2, 0.25) is 11.8 Å². The molecular formula is C26H38N8O2. The first kappa shape index (κ1) is 27.0. The Kier molecular flexibility index (Phi) is 10.1. The summed E-state index contributed by atoms with van der Waals surface area (Å²) in [5, 5.41) is 20.5. The molecule has 1 aliphatic carbocycles. The Morgan fingerprint density at radius 2 is 2.06 bits per heavy atom. The zero-order valence-corrected chi connectivity index (χ0v) is 21.8. The second-order valence-electron chi connectivity index (χ2n) is 9.42. The monoisotopic (exact) mass is 494 g/mol.